The van der Waals surface area contributed by atoms with Gasteiger partial charge < -0.3 is 14.4 Å². The number of hydrogen-bond donors (Lipinski definition) is 1. The van der Waals surface area contributed by atoms with Crippen LogP contribution in [0.5, 0.6) is 5.75 Å². The molecule has 8 heteroatoms. The van der Waals surface area contributed by atoms with E-state index >= 15 is 0 Å². The lowest BCUT2D eigenvalue weighted by Crippen LogP contribution is -1.98. The molecule has 0 amide bonds. The van der Waals surface area contributed by atoms with Crippen LogP contribution in [0.2, 0.25) is 0 Å². The Morgan fingerprint density at radius 2 is 2.21 bits per heavy atom. The highest BCUT2D eigenvalue weighted by Gasteiger charge is 2.15. The highest BCUT2D eigenvalue weighted by Crippen LogP contribution is 2.26. The number of hydrogen-bond acceptors (Lipinski definition) is 6. The monoisotopic (exact) mass is 264 g/mol. The number of rotatable bonds is 5. The van der Waals surface area contributed by atoms with Gasteiger partial charge in [-0.2, -0.15) is 0 Å². The fourth-order valence-corrected chi connectivity index (χ4v) is 1.36. The quantitative estimate of drug-likeness (QED) is 0.647. The summed E-state index contributed by atoms with van der Waals surface area (Å²) >= 11 is 0. The highest BCUT2D eigenvalue weighted by molar-refractivity contribution is 5.85. The van der Waals surface area contributed by atoms with Crippen molar-refractivity contribution in [3.8, 4) is 5.75 Å². The number of carboxylic acids is 1. The molecule has 0 saturated carbocycles. The van der Waals surface area contributed by atoms with Crippen molar-refractivity contribution in [3.05, 3.63) is 51.9 Å². The molecule has 0 bridgehead atoms. The summed E-state index contributed by atoms with van der Waals surface area (Å²) in [5.74, 6) is -0.989. The zero-order valence-corrected chi connectivity index (χ0v) is 9.48. The minimum Gasteiger partial charge on any atom is -0.479 e. The van der Waals surface area contributed by atoms with Gasteiger partial charge in [-0.1, -0.05) is 17.3 Å². The molecule has 1 heterocycles. The maximum Gasteiger partial charge on any atom is 0.358 e. The Balaban J connectivity index is 2.10. The maximum absolute atomic E-state index is 10.7. The van der Waals surface area contributed by atoms with Crippen LogP contribution in [0.3, 0.4) is 0 Å². The van der Waals surface area contributed by atoms with E-state index in [0.717, 1.165) is 0 Å². The molecule has 1 aromatic heterocycles. The minimum absolute atomic E-state index is 0.0702. The van der Waals surface area contributed by atoms with Crippen molar-refractivity contribution >= 4 is 11.7 Å². The molecular weight excluding hydrogens is 256 g/mol. The van der Waals surface area contributed by atoms with E-state index in [1.54, 1.807) is 6.07 Å². The largest absolute Gasteiger partial charge is 0.479 e. The molecule has 19 heavy (non-hydrogen) atoms. The van der Waals surface area contributed by atoms with Gasteiger partial charge in [-0.15, -0.1) is 0 Å². The fourth-order valence-electron chi connectivity index (χ4n) is 1.36. The van der Waals surface area contributed by atoms with Gasteiger partial charge in [0.1, 0.15) is 6.61 Å². The van der Waals surface area contributed by atoms with E-state index < -0.39 is 10.9 Å². The average molecular weight is 264 g/mol. The van der Waals surface area contributed by atoms with Crippen LogP contribution in [0, 0.1) is 10.1 Å². The van der Waals surface area contributed by atoms with Gasteiger partial charge in [-0.25, -0.2) is 4.79 Å². The normalized spacial score (nSPS) is 10.1. The summed E-state index contributed by atoms with van der Waals surface area (Å²) in [5, 5.41) is 22.7. The molecule has 0 radical (unpaired) electrons. The molecule has 0 saturated heterocycles. The first-order valence-electron chi connectivity index (χ1n) is 5.13. The van der Waals surface area contributed by atoms with Gasteiger partial charge in [0.05, 0.1) is 4.92 Å². The summed E-state index contributed by atoms with van der Waals surface area (Å²) in [6, 6.07) is 7.04. The van der Waals surface area contributed by atoms with Crippen LogP contribution in [-0.4, -0.2) is 21.2 Å². The van der Waals surface area contributed by atoms with E-state index in [9.17, 15) is 14.9 Å². The zero-order valence-electron chi connectivity index (χ0n) is 9.48. The van der Waals surface area contributed by atoms with Gasteiger partial charge in [0.2, 0.25) is 0 Å². The van der Waals surface area contributed by atoms with Gasteiger partial charge >= 0.3 is 11.7 Å². The lowest BCUT2D eigenvalue weighted by Gasteiger charge is -2.03. The predicted molar refractivity (Wildman–Crippen MR) is 60.9 cm³/mol. The summed E-state index contributed by atoms with van der Waals surface area (Å²) in [4.78, 5) is 20.7. The van der Waals surface area contributed by atoms with Gasteiger partial charge in [-0.05, 0) is 6.07 Å². The number of aromatic nitrogens is 1. The molecule has 0 aliphatic carbocycles. The molecule has 0 atom stereocenters. The molecule has 1 N–H and O–H groups in total. The number of nitro benzene ring substituents is 1. The summed E-state index contributed by atoms with van der Waals surface area (Å²) < 4.78 is 9.93. The third kappa shape index (κ3) is 2.86. The van der Waals surface area contributed by atoms with Crippen LogP contribution in [0.15, 0.2) is 34.9 Å². The van der Waals surface area contributed by atoms with Crippen molar-refractivity contribution in [2.45, 2.75) is 6.61 Å². The second-order valence-corrected chi connectivity index (χ2v) is 3.50. The Bertz CT molecular complexity index is 621. The average Bonchev–Trinajstić information content (AvgIpc) is 2.85. The first kappa shape index (κ1) is 12.6. The van der Waals surface area contributed by atoms with Crippen LogP contribution < -0.4 is 4.74 Å². The van der Waals surface area contributed by atoms with Gasteiger partial charge in [-0.3, -0.25) is 10.1 Å². The van der Waals surface area contributed by atoms with Crippen molar-refractivity contribution < 1.29 is 24.1 Å². The number of aromatic carboxylic acids is 1. The Morgan fingerprint density at radius 1 is 1.47 bits per heavy atom. The molecule has 0 unspecified atom stereocenters. The molecule has 98 valence electrons. The SMILES string of the molecule is O=C(O)c1cc(COc2ccccc2[N+](=O)[O-])on1. The number of para-hydroxylation sites is 2. The number of nitro groups is 1. The van der Waals surface area contributed by atoms with Gasteiger partial charge in [0.25, 0.3) is 0 Å². The van der Waals surface area contributed by atoms with Crippen LogP contribution in [-0.2, 0) is 6.61 Å². The molecule has 0 spiro atoms. The predicted octanol–water partition coefficient (Wildman–Crippen LogP) is 1.86. The van der Waals surface area contributed by atoms with Gasteiger partial charge in [0, 0.05) is 12.1 Å². The van der Waals surface area contributed by atoms with Crippen LogP contribution in [0.25, 0.3) is 0 Å². The van der Waals surface area contributed by atoms with E-state index in [-0.39, 0.29) is 29.5 Å². The number of benzene rings is 1. The van der Waals surface area contributed by atoms with E-state index in [0.29, 0.717) is 0 Å². The van der Waals surface area contributed by atoms with Crippen molar-refractivity contribution in [2.75, 3.05) is 0 Å². The Kier molecular flexibility index (Phi) is 3.42. The summed E-state index contributed by atoms with van der Waals surface area (Å²) in [7, 11) is 0. The van der Waals surface area contributed by atoms with E-state index in [2.05, 4.69) is 5.16 Å². The van der Waals surface area contributed by atoms with Crippen LogP contribution in [0.4, 0.5) is 5.69 Å². The molecule has 0 aliphatic rings. The molecule has 2 aromatic rings. The Hall–Kier alpha value is -2.90. The lowest BCUT2D eigenvalue weighted by atomic mass is 10.3. The number of carboxylic acid groups (broad SMARTS) is 1. The molecule has 8 nitrogen and oxygen atoms in total. The van der Waals surface area contributed by atoms with Gasteiger partial charge in [0.15, 0.2) is 17.2 Å². The number of carbonyl (C=O) groups is 1. The van der Waals surface area contributed by atoms with E-state index in [1.807, 2.05) is 0 Å². The van der Waals surface area contributed by atoms with Crippen molar-refractivity contribution in [3.63, 3.8) is 0 Å². The van der Waals surface area contributed by atoms with Crippen LogP contribution >= 0.6 is 0 Å². The summed E-state index contributed by atoms with van der Waals surface area (Å²) in [5.41, 5.74) is -0.429. The molecule has 0 fully saturated rings. The van der Waals surface area contributed by atoms with E-state index in [1.165, 1.54) is 24.3 Å². The third-order valence-corrected chi connectivity index (χ3v) is 2.21. The standard InChI is InChI=1S/C11H8N2O6/c14-11(15)8-5-7(19-12-8)6-18-10-4-2-1-3-9(10)13(16)17/h1-5H,6H2,(H,14,15). The maximum atomic E-state index is 10.7. The van der Waals surface area contributed by atoms with Crippen molar-refractivity contribution in [1.82, 2.24) is 5.16 Å². The topological polar surface area (TPSA) is 116 Å². The number of nitrogens with zero attached hydrogens (tertiary/aromatic N) is 2. The zero-order chi connectivity index (χ0) is 13.8. The molecule has 0 aliphatic heterocycles. The molecular formula is C11H8N2O6. The van der Waals surface area contributed by atoms with Crippen LogP contribution in [0.1, 0.15) is 16.2 Å². The molecule has 1 aromatic carbocycles. The second-order valence-electron chi connectivity index (χ2n) is 3.50. The summed E-state index contributed by atoms with van der Waals surface area (Å²) in [6.07, 6.45) is 0. The second kappa shape index (κ2) is 5.17. The first-order valence-corrected chi connectivity index (χ1v) is 5.13. The van der Waals surface area contributed by atoms with Crippen molar-refractivity contribution in [2.24, 2.45) is 0 Å². The Morgan fingerprint density at radius 3 is 2.84 bits per heavy atom. The third-order valence-electron chi connectivity index (χ3n) is 2.21. The molecule has 2 rings (SSSR count). The summed E-state index contributed by atoms with van der Waals surface area (Å²) in [6.45, 7) is -0.148. The first-order chi connectivity index (χ1) is 9.08. The minimum atomic E-state index is -1.22. The smallest absolute Gasteiger partial charge is 0.358 e. The van der Waals surface area contributed by atoms with Crippen molar-refractivity contribution in [1.29, 1.82) is 0 Å². The lowest BCUT2D eigenvalue weighted by molar-refractivity contribution is -0.386. The highest BCUT2D eigenvalue weighted by atomic mass is 16.6. The fraction of sp³-hybridized carbons (Fsp3) is 0.0909. The Labute approximate surface area is 106 Å². The van der Waals surface area contributed by atoms with E-state index in [4.69, 9.17) is 14.4 Å². The number of ether oxygens (including phenoxy) is 1.